The normalized spacial score (nSPS) is 47.0. The minimum absolute atomic E-state index is 0. The van der Waals surface area contributed by atoms with E-state index in [1.807, 2.05) is 0 Å². The van der Waals surface area contributed by atoms with Crippen molar-refractivity contribution in [3.05, 3.63) is 23.8 Å². The minimum Gasteiger partial charge on any atom is 0 e. The summed E-state index contributed by atoms with van der Waals surface area (Å²) in [6.07, 6.45) is 13.6. The van der Waals surface area contributed by atoms with Gasteiger partial charge in [0.05, 0.1) is 0 Å². The number of thiol groups is 1. The topological polar surface area (TPSA) is 9.23 Å². The summed E-state index contributed by atoms with van der Waals surface area (Å²) in [7, 11) is 4.24. The van der Waals surface area contributed by atoms with Gasteiger partial charge in [0.25, 0.3) is 0 Å². The fourth-order valence-electron chi connectivity index (χ4n) is 7.59. The molecule has 0 heterocycles. The number of allylic oxidation sites excluding steroid dienone is 2. The summed E-state index contributed by atoms with van der Waals surface area (Å²) < 4.78 is 5.82. The Morgan fingerprint density at radius 1 is 1.19 bits per heavy atom. The predicted octanol–water partition coefficient (Wildman–Crippen LogP) is 6.20. The molecule has 4 aliphatic rings. The summed E-state index contributed by atoms with van der Waals surface area (Å²) >= 11 is 0.787. The van der Waals surface area contributed by atoms with Crippen LogP contribution in [0.25, 0.3) is 0 Å². The van der Waals surface area contributed by atoms with Crippen molar-refractivity contribution in [2.24, 2.45) is 34.5 Å². The Morgan fingerprint density at radius 3 is 2.65 bits per heavy atom. The zero-order valence-electron chi connectivity index (χ0n) is 16.7. The number of fused-ring (bicyclic) bond motifs is 5. The molecule has 4 aliphatic carbocycles. The van der Waals surface area contributed by atoms with Crippen molar-refractivity contribution in [1.82, 2.24) is 0 Å². The molecule has 0 bridgehead atoms. The molecule has 1 radical (unpaired) electrons. The SMILES string of the molecule is C=C(C)[C@H]1CC[C@H]2[C@@H]3CC=C4C[C@@H](O[SH-]#P)CC[C@]4(C)[C@H]3CC[C@]12C.[Tl]. The van der Waals surface area contributed by atoms with Crippen LogP contribution in [-0.4, -0.2) is 33.4 Å². The first-order chi connectivity index (χ1) is 11.9. The Bertz CT molecular complexity index is 655. The van der Waals surface area contributed by atoms with Gasteiger partial charge in [0.1, 0.15) is 0 Å². The number of rotatable bonds is 2. The van der Waals surface area contributed by atoms with Crippen molar-refractivity contribution in [1.29, 1.82) is 0 Å². The van der Waals surface area contributed by atoms with E-state index in [1.54, 1.807) is 5.57 Å². The summed E-state index contributed by atoms with van der Waals surface area (Å²) in [6, 6.07) is 0. The van der Waals surface area contributed by atoms with Crippen molar-refractivity contribution in [3.63, 3.8) is 0 Å². The first-order valence-electron chi connectivity index (χ1n) is 10.3. The van der Waals surface area contributed by atoms with Gasteiger partial charge < -0.3 is 0 Å². The molecule has 0 spiro atoms. The van der Waals surface area contributed by atoms with E-state index in [9.17, 15) is 0 Å². The molecule has 0 unspecified atom stereocenters. The molecule has 4 heteroatoms. The Kier molecular flexibility index (Phi) is 6.81. The maximum absolute atomic E-state index is 5.82. The molecule has 0 N–H and O–H groups in total. The molecular formula is C22H34OPSTl-. The molecule has 0 aromatic rings. The van der Waals surface area contributed by atoms with Crippen LogP contribution in [0.4, 0.5) is 0 Å². The van der Waals surface area contributed by atoms with Crippen molar-refractivity contribution in [2.75, 3.05) is 0 Å². The molecule has 26 heavy (non-hydrogen) atoms. The molecule has 0 saturated heterocycles. The van der Waals surface area contributed by atoms with Crippen LogP contribution < -0.4 is 0 Å². The van der Waals surface area contributed by atoms with E-state index in [4.69, 9.17) is 4.18 Å². The largest absolute Gasteiger partial charge is 0 e. The van der Waals surface area contributed by atoms with E-state index in [0.717, 1.165) is 41.1 Å². The molecule has 0 aliphatic heterocycles. The molecule has 7 atom stereocenters. The second-order valence-electron chi connectivity index (χ2n) is 9.83. The van der Waals surface area contributed by atoms with Crippen LogP contribution >= 0.6 is 7.81 Å². The van der Waals surface area contributed by atoms with Gasteiger partial charge in [0.2, 0.25) is 0 Å². The second-order valence-corrected chi connectivity index (χ2v) is 10.7. The molecule has 3 fully saturated rings. The average molecular weight is 582 g/mol. The molecule has 3 saturated carbocycles. The second kappa shape index (κ2) is 8.11. The van der Waals surface area contributed by atoms with Crippen LogP contribution in [-0.2, 0) is 15.2 Å². The fraction of sp³-hybridized carbons (Fsp3) is 0.818. The Balaban J connectivity index is 0.00000196. The molecule has 0 amide bonds. The van der Waals surface area contributed by atoms with Crippen molar-refractivity contribution >= 4 is 46.1 Å². The maximum Gasteiger partial charge on any atom is 0 e. The van der Waals surface area contributed by atoms with Crippen LogP contribution in [0.3, 0.4) is 0 Å². The molecule has 143 valence electrons. The average Bonchev–Trinajstić information content (AvgIpc) is 2.93. The number of hydrogen-bond donors (Lipinski definition) is 0. The van der Waals surface area contributed by atoms with E-state index in [2.05, 4.69) is 41.2 Å². The minimum atomic E-state index is 0. The van der Waals surface area contributed by atoms with Crippen LogP contribution in [0.15, 0.2) is 23.8 Å². The van der Waals surface area contributed by atoms with Gasteiger partial charge in [-0.15, -0.1) is 0 Å². The van der Waals surface area contributed by atoms with Gasteiger partial charge in [-0.1, -0.05) is 6.58 Å². The molecule has 0 aromatic heterocycles. The van der Waals surface area contributed by atoms with Crippen LogP contribution in [0.5, 0.6) is 0 Å². The monoisotopic (exact) mass is 582 g/mol. The van der Waals surface area contributed by atoms with Crippen LogP contribution in [0, 0.1) is 34.5 Å². The third-order valence-electron chi connectivity index (χ3n) is 8.85. The standard InChI is InChI=1S/C22H34OPS.Tl/c1-14(2)18-7-8-19-17-6-5-15-13-16(23-25-24)9-11-21(15,3)20(17)10-12-22(18,19)4;/h5,16-20,25H,1,6-13H2,2-4H3;/q-1;/t16-,17-,18+,19-,20-,21-,22+;/m0./s1. The van der Waals surface area contributed by atoms with E-state index in [0.29, 0.717) is 16.9 Å². The molecular weight excluding hydrogens is 548 g/mol. The van der Waals surface area contributed by atoms with Gasteiger partial charge in [-0.3, -0.25) is 0 Å². The van der Waals surface area contributed by atoms with Crippen molar-refractivity contribution in [2.45, 2.75) is 78.2 Å². The van der Waals surface area contributed by atoms with E-state index in [1.165, 1.54) is 50.5 Å². The van der Waals surface area contributed by atoms with Gasteiger partial charge >= 0.3 is 146 Å². The quantitative estimate of drug-likeness (QED) is 0.124. The third-order valence-corrected chi connectivity index (χ3v) is 9.53. The first-order valence-corrected chi connectivity index (χ1v) is 12.2. The third kappa shape index (κ3) is 3.35. The zero-order chi connectivity index (χ0) is 17.8. The Morgan fingerprint density at radius 2 is 1.96 bits per heavy atom. The van der Waals surface area contributed by atoms with Crippen LogP contribution in [0.1, 0.15) is 72.1 Å². The number of hydrogen-bond acceptors (Lipinski definition) is 2. The van der Waals surface area contributed by atoms with Gasteiger partial charge in [-0.05, 0) is 6.92 Å². The summed E-state index contributed by atoms with van der Waals surface area (Å²) in [5, 5.41) is 0. The van der Waals surface area contributed by atoms with Gasteiger partial charge in [-0.25, -0.2) is 0 Å². The summed E-state index contributed by atoms with van der Waals surface area (Å²) in [4.78, 5) is 0. The summed E-state index contributed by atoms with van der Waals surface area (Å²) in [5.74, 6) is 3.46. The Labute approximate surface area is 186 Å². The van der Waals surface area contributed by atoms with Gasteiger partial charge in [0.15, 0.2) is 0 Å². The van der Waals surface area contributed by atoms with Crippen molar-refractivity contribution in [3.8, 4) is 0 Å². The van der Waals surface area contributed by atoms with E-state index < -0.39 is 0 Å². The zero-order valence-corrected chi connectivity index (χ0v) is 23.0. The molecule has 0 aromatic carbocycles. The van der Waals surface area contributed by atoms with Crippen molar-refractivity contribution < 1.29 is 4.18 Å². The first kappa shape index (κ1) is 21.8. The maximum atomic E-state index is 5.82. The Hall–Kier alpha value is 1.14. The molecule has 4 rings (SSSR count). The van der Waals surface area contributed by atoms with Crippen LogP contribution in [0.2, 0.25) is 0 Å². The summed E-state index contributed by atoms with van der Waals surface area (Å²) in [6.45, 7) is 11.8. The van der Waals surface area contributed by atoms with Gasteiger partial charge in [-0.2, -0.15) is 0 Å². The smallest absolute Gasteiger partial charge is 0 e. The van der Waals surface area contributed by atoms with Gasteiger partial charge in [0, 0.05) is 27.3 Å². The fourth-order valence-corrected chi connectivity index (χ4v) is 8.31. The molecule has 1 nitrogen and oxygen atoms in total. The summed E-state index contributed by atoms with van der Waals surface area (Å²) in [5.41, 5.74) is 4.09. The van der Waals surface area contributed by atoms with E-state index >= 15 is 0 Å². The van der Waals surface area contributed by atoms with E-state index in [-0.39, 0.29) is 27.3 Å². The predicted molar refractivity (Wildman–Crippen MR) is 116 cm³/mol.